The molecule has 4 heterocycles. The average Bonchev–Trinajstić information content (AvgIpc) is 3.40. The van der Waals surface area contributed by atoms with Crippen LogP contribution in [0.4, 0.5) is 0 Å². The largest absolute Gasteiger partial charge is 0.461 e. The van der Waals surface area contributed by atoms with Crippen LogP contribution in [0.2, 0.25) is 0 Å². The normalized spacial score (nSPS) is 18.7. The van der Waals surface area contributed by atoms with Gasteiger partial charge in [0.2, 0.25) is 5.76 Å². The zero-order valence-electron chi connectivity index (χ0n) is 14.4. The van der Waals surface area contributed by atoms with Crippen molar-refractivity contribution in [3.8, 4) is 11.5 Å². The Balaban J connectivity index is 1.50. The third-order valence-corrected chi connectivity index (χ3v) is 7.10. The van der Waals surface area contributed by atoms with Crippen LogP contribution in [-0.4, -0.2) is 39.8 Å². The van der Waals surface area contributed by atoms with Gasteiger partial charge >= 0.3 is 0 Å². The van der Waals surface area contributed by atoms with Crippen LogP contribution in [0.25, 0.3) is 11.5 Å². The Hall–Kier alpha value is -2.33. The molecular weight excluding hydrogens is 388 g/mol. The molecule has 1 aliphatic rings. The lowest BCUT2D eigenvalue weighted by molar-refractivity contribution is 0.413. The van der Waals surface area contributed by atoms with Crippen LogP contribution in [0.1, 0.15) is 23.9 Å². The van der Waals surface area contributed by atoms with Crippen LogP contribution in [0, 0.1) is 0 Å². The summed E-state index contributed by atoms with van der Waals surface area (Å²) in [5.41, 5.74) is 0.754. The highest BCUT2D eigenvalue weighted by atomic mass is 32.2. The van der Waals surface area contributed by atoms with Gasteiger partial charge in [0.05, 0.1) is 23.5 Å². The second kappa shape index (κ2) is 7.35. The summed E-state index contributed by atoms with van der Waals surface area (Å²) >= 11 is 1.47. The molecule has 0 aromatic carbocycles. The van der Waals surface area contributed by atoms with Crippen LogP contribution in [0.15, 0.2) is 51.2 Å². The summed E-state index contributed by atoms with van der Waals surface area (Å²) < 4.78 is 36.1. The van der Waals surface area contributed by atoms with Gasteiger partial charge in [-0.25, -0.2) is 8.42 Å². The van der Waals surface area contributed by atoms with Gasteiger partial charge in [-0.05, 0) is 18.6 Å². The summed E-state index contributed by atoms with van der Waals surface area (Å²) in [6.07, 6.45) is 3.92. The van der Waals surface area contributed by atoms with Gasteiger partial charge in [-0.3, -0.25) is 0 Å². The van der Waals surface area contributed by atoms with E-state index < -0.39 is 9.84 Å². The van der Waals surface area contributed by atoms with Crippen molar-refractivity contribution in [3.63, 3.8) is 0 Å². The van der Waals surface area contributed by atoms with E-state index in [0.29, 0.717) is 41.2 Å². The van der Waals surface area contributed by atoms with Gasteiger partial charge in [0.25, 0.3) is 0 Å². The number of rotatable bonds is 7. The van der Waals surface area contributed by atoms with E-state index in [4.69, 9.17) is 8.94 Å². The minimum atomic E-state index is -2.99. The predicted octanol–water partition coefficient (Wildman–Crippen LogP) is 2.91. The first kappa shape index (κ1) is 18.1. The van der Waals surface area contributed by atoms with Crippen molar-refractivity contribution < 1.29 is 17.4 Å². The van der Waals surface area contributed by atoms with Gasteiger partial charge < -0.3 is 13.5 Å². The molecule has 0 amide bonds. The van der Waals surface area contributed by atoms with Gasteiger partial charge in [0, 0.05) is 24.3 Å². The number of furan rings is 1. The molecule has 1 fully saturated rings. The molecule has 4 rings (SSSR count). The minimum Gasteiger partial charge on any atom is -0.461 e. The van der Waals surface area contributed by atoms with Crippen molar-refractivity contribution in [2.75, 3.05) is 11.5 Å². The fourth-order valence-corrected chi connectivity index (χ4v) is 5.64. The van der Waals surface area contributed by atoms with E-state index in [2.05, 4.69) is 21.9 Å². The zero-order chi connectivity index (χ0) is 18.9. The first-order chi connectivity index (χ1) is 13.1. The molecule has 27 heavy (non-hydrogen) atoms. The highest BCUT2D eigenvalue weighted by molar-refractivity contribution is 7.98. The zero-order valence-corrected chi connectivity index (χ0v) is 16.1. The lowest BCUT2D eigenvalue weighted by Crippen LogP contribution is -2.11. The number of sulfone groups is 1. The molecule has 0 spiro atoms. The van der Waals surface area contributed by atoms with Crippen molar-refractivity contribution in [3.05, 3.63) is 48.6 Å². The Bertz CT molecular complexity index is 1040. The highest BCUT2D eigenvalue weighted by Gasteiger charge is 2.33. The summed E-state index contributed by atoms with van der Waals surface area (Å²) in [6, 6.07) is 5.42. The summed E-state index contributed by atoms with van der Waals surface area (Å²) in [6.45, 7) is 4.31. The second-order valence-electron chi connectivity index (χ2n) is 6.29. The molecule has 1 saturated heterocycles. The monoisotopic (exact) mass is 406 g/mol. The molecule has 0 bridgehead atoms. The van der Waals surface area contributed by atoms with Gasteiger partial charge in [0.1, 0.15) is 5.82 Å². The summed E-state index contributed by atoms with van der Waals surface area (Å²) in [5.74, 6) is 2.66. The fourth-order valence-electron chi connectivity index (χ4n) is 3.06. The molecule has 3 aromatic rings. The summed E-state index contributed by atoms with van der Waals surface area (Å²) in [7, 11) is -2.99. The average molecular weight is 406 g/mol. The number of aromatic nitrogens is 4. The van der Waals surface area contributed by atoms with Crippen LogP contribution in [0.3, 0.4) is 0 Å². The fraction of sp³-hybridized carbons (Fsp3) is 0.353. The lowest BCUT2D eigenvalue weighted by atomic mass is 10.1. The molecule has 8 nitrogen and oxygen atoms in total. The van der Waals surface area contributed by atoms with Crippen molar-refractivity contribution in [1.82, 2.24) is 19.9 Å². The van der Waals surface area contributed by atoms with Gasteiger partial charge in [-0.1, -0.05) is 23.0 Å². The van der Waals surface area contributed by atoms with Crippen molar-refractivity contribution in [2.24, 2.45) is 0 Å². The third kappa shape index (κ3) is 3.86. The number of hydrogen-bond donors (Lipinski definition) is 0. The van der Waals surface area contributed by atoms with Gasteiger partial charge in [0.15, 0.2) is 20.8 Å². The Morgan fingerprint density at radius 3 is 2.96 bits per heavy atom. The Morgan fingerprint density at radius 1 is 1.37 bits per heavy atom. The molecule has 1 unspecified atom stereocenters. The number of allylic oxidation sites excluding steroid dienone is 1. The molecule has 10 heteroatoms. The lowest BCUT2D eigenvalue weighted by Gasteiger charge is -2.10. The maximum absolute atomic E-state index is 11.8. The quantitative estimate of drug-likeness (QED) is 0.436. The summed E-state index contributed by atoms with van der Waals surface area (Å²) in [4.78, 5) is 0. The Kier molecular flexibility index (Phi) is 4.92. The van der Waals surface area contributed by atoms with E-state index in [-0.39, 0.29) is 17.4 Å². The van der Waals surface area contributed by atoms with E-state index in [1.807, 2.05) is 10.6 Å². The van der Waals surface area contributed by atoms with Gasteiger partial charge in [-0.2, -0.15) is 0 Å². The Morgan fingerprint density at radius 2 is 2.26 bits per heavy atom. The van der Waals surface area contributed by atoms with Crippen LogP contribution in [0.5, 0.6) is 0 Å². The molecule has 0 saturated carbocycles. The molecule has 0 N–H and O–H groups in total. The maximum Gasteiger partial charge on any atom is 0.202 e. The molecule has 1 aliphatic heterocycles. The number of hydrogen-bond acceptors (Lipinski definition) is 8. The maximum atomic E-state index is 11.8. The van der Waals surface area contributed by atoms with Crippen molar-refractivity contribution >= 4 is 21.6 Å². The third-order valence-electron chi connectivity index (χ3n) is 4.33. The standard InChI is InChI=1S/C17H18N4O4S2/c1-2-6-21-16(12-5-8-27(22,23)11-12)18-19-17(21)26-10-13-9-15(25-20-13)14-4-3-7-24-14/h2-4,7,9,12H,1,5-6,8,10-11H2. The van der Waals surface area contributed by atoms with E-state index in [0.717, 1.165) is 5.69 Å². The Labute approximate surface area is 160 Å². The van der Waals surface area contributed by atoms with Crippen molar-refractivity contribution in [1.29, 1.82) is 0 Å². The number of nitrogens with zero attached hydrogens (tertiary/aromatic N) is 4. The SMILES string of the molecule is C=CCn1c(SCc2cc(-c3ccco3)on2)nnc1C1CCS(=O)(=O)C1. The van der Waals surface area contributed by atoms with Crippen LogP contribution in [-0.2, 0) is 22.1 Å². The second-order valence-corrected chi connectivity index (χ2v) is 9.46. The first-order valence-corrected chi connectivity index (χ1v) is 11.2. The van der Waals surface area contributed by atoms with Crippen LogP contribution >= 0.6 is 11.8 Å². The summed E-state index contributed by atoms with van der Waals surface area (Å²) in [5, 5.41) is 13.3. The smallest absolute Gasteiger partial charge is 0.202 e. The van der Waals surface area contributed by atoms with Crippen molar-refractivity contribution in [2.45, 2.75) is 29.8 Å². The van der Waals surface area contributed by atoms with E-state index in [9.17, 15) is 8.42 Å². The topological polar surface area (TPSA) is 104 Å². The highest BCUT2D eigenvalue weighted by Crippen LogP contribution is 2.31. The molecule has 0 aliphatic carbocycles. The molecule has 3 aromatic heterocycles. The molecule has 142 valence electrons. The minimum absolute atomic E-state index is 0.116. The van der Waals surface area contributed by atoms with E-state index >= 15 is 0 Å². The van der Waals surface area contributed by atoms with Crippen LogP contribution < -0.4 is 0 Å². The predicted molar refractivity (Wildman–Crippen MR) is 100.0 cm³/mol. The van der Waals surface area contributed by atoms with Gasteiger partial charge in [-0.15, -0.1) is 16.8 Å². The van der Waals surface area contributed by atoms with E-state index in [1.54, 1.807) is 24.5 Å². The number of thioether (sulfide) groups is 1. The first-order valence-electron chi connectivity index (χ1n) is 8.42. The molecule has 0 radical (unpaired) electrons. The molecular formula is C17H18N4O4S2. The molecule has 1 atom stereocenters. The van der Waals surface area contributed by atoms with E-state index in [1.165, 1.54) is 11.8 Å².